The zero-order valence-electron chi connectivity index (χ0n) is 21.1. The summed E-state index contributed by atoms with van der Waals surface area (Å²) in [6, 6.07) is 7.15. The molecule has 0 radical (unpaired) electrons. The molecule has 2 aliphatic heterocycles. The van der Waals surface area contributed by atoms with Gasteiger partial charge in [-0.05, 0) is 57.4 Å². The first-order valence-corrected chi connectivity index (χ1v) is 12.5. The summed E-state index contributed by atoms with van der Waals surface area (Å²) < 4.78 is 22.3. The average Bonchev–Trinajstić information content (AvgIpc) is 3.20. The summed E-state index contributed by atoms with van der Waals surface area (Å²) in [4.78, 5) is 25.4. The van der Waals surface area contributed by atoms with Gasteiger partial charge in [-0.3, -0.25) is 4.79 Å². The molecule has 3 rings (SSSR count). The van der Waals surface area contributed by atoms with E-state index in [-0.39, 0.29) is 18.7 Å². The van der Waals surface area contributed by atoms with Crippen molar-refractivity contribution >= 4 is 12.0 Å². The number of hydrogen-bond donors (Lipinski definition) is 4. The van der Waals surface area contributed by atoms with E-state index in [1.807, 2.05) is 38.1 Å². The number of nitrogens with one attached hydrogen (secondary N) is 2. The van der Waals surface area contributed by atoms with E-state index < -0.39 is 23.9 Å². The van der Waals surface area contributed by atoms with Crippen molar-refractivity contribution in [3.05, 3.63) is 29.8 Å². The molecule has 11 heteroatoms. The SMILES string of the molecule is CC1(C)OC[C@H](CC(Cc2ccc(OCCCNC[C@H](O)NC(=O)N3CCOCC3)cc2)C(=O)O)O1. The highest BCUT2D eigenvalue weighted by Crippen LogP contribution is 2.28. The van der Waals surface area contributed by atoms with Crippen LogP contribution in [0, 0.1) is 5.92 Å². The van der Waals surface area contributed by atoms with Gasteiger partial charge >= 0.3 is 12.0 Å². The molecule has 2 amide bonds. The molecule has 4 N–H and O–H groups in total. The Kier molecular flexibility index (Phi) is 10.7. The number of carbonyl (C=O) groups is 2. The van der Waals surface area contributed by atoms with Crippen LogP contribution < -0.4 is 15.4 Å². The van der Waals surface area contributed by atoms with Gasteiger partial charge < -0.3 is 44.7 Å². The quantitative estimate of drug-likeness (QED) is 0.228. The van der Waals surface area contributed by atoms with Crippen LogP contribution in [0.5, 0.6) is 5.75 Å². The van der Waals surface area contributed by atoms with Gasteiger partial charge in [-0.25, -0.2) is 4.79 Å². The summed E-state index contributed by atoms with van der Waals surface area (Å²) >= 11 is 0. The minimum Gasteiger partial charge on any atom is -0.494 e. The number of ether oxygens (including phenoxy) is 4. The third-order valence-corrected chi connectivity index (χ3v) is 6.06. The van der Waals surface area contributed by atoms with Gasteiger partial charge in [0.2, 0.25) is 0 Å². The van der Waals surface area contributed by atoms with Gasteiger partial charge in [0.15, 0.2) is 5.79 Å². The topological polar surface area (TPSA) is 139 Å². The number of urea groups is 1. The molecule has 36 heavy (non-hydrogen) atoms. The fourth-order valence-electron chi connectivity index (χ4n) is 4.15. The van der Waals surface area contributed by atoms with Crippen molar-refractivity contribution in [2.24, 2.45) is 5.92 Å². The number of carbonyl (C=O) groups excluding carboxylic acids is 1. The van der Waals surface area contributed by atoms with Crippen LogP contribution in [0.4, 0.5) is 4.79 Å². The first-order valence-electron chi connectivity index (χ1n) is 12.5. The molecule has 0 spiro atoms. The molecule has 1 aromatic rings. The van der Waals surface area contributed by atoms with Gasteiger partial charge in [0, 0.05) is 19.6 Å². The Hall–Kier alpha value is -2.44. The molecule has 2 heterocycles. The van der Waals surface area contributed by atoms with E-state index >= 15 is 0 Å². The van der Waals surface area contributed by atoms with Gasteiger partial charge in [-0.1, -0.05) is 12.1 Å². The number of benzene rings is 1. The number of morpholine rings is 1. The number of rotatable bonds is 13. The van der Waals surface area contributed by atoms with Crippen LogP contribution in [-0.4, -0.2) is 97.8 Å². The zero-order chi connectivity index (χ0) is 26.0. The highest BCUT2D eigenvalue weighted by molar-refractivity contribution is 5.74. The van der Waals surface area contributed by atoms with E-state index in [4.69, 9.17) is 18.9 Å². The number of aliphatic carboxylic acids is 1. The lowest BCUT2D eigenvalue weighted by Gasteiger charge is -2.28. The van der Waals surface area contributed by atoms with Gasteiger partial charge in [-0.2, -0.15) is 0 Å². The van der Waals surface area contributed by atoms with Gasteiger partial charge in [0.25, 0.3) is 0 Å². The van der Waals surface area contributed by atoms with E-state index in [0.717, 1.165) is 5.56 Å². The monoisotopic (exact) mass is 509 g/mol. The summed E-state index contributed by atoms with van der Waals surface area (Å²) in [5.74, 6) is -1.36. The molecule has 0 aromatic heterocycles. The summed E-state index contributed by atoms with van der Waals surface area (Å²) in [6.45, 7) is 7.46. The Balaban J connectivity index is 1.29. The van der Waals surface area contributed by atoms with Gasteiger partial charge in [0.05, 0.1) is 38.4 Å². The molecule has 2 aliphatic rings. The van der Waals surface area contributed by atoms with Crippen LogP contribution in [0.15, 0.2) is 24.3 Å². The van der Waals surface area contributed by atoms with E-state index in [0.29, 0.717) is 71.1 Å². The fourth-order valence-corrected chi connectivity index (χ4v) is 4.15. The Labute approximate surface area is 212 Å². The Morgan fingerprint density at radius 2 is 1.94 bits per heavy atom. The van der Waals surface area contributed by atoms with Crippen LogP contribution in [-0.2, 0) is 25.4 Å². The van der Waals surface area contributed by atoms with Crippen LogP contribution >= 0.6 is 0 Å². The number of aliphatic hydroxyl groups excluding tert-OH is 1. The lowest BCUT2D eigenvalue weighted by Crippen LogP contribution is -2.51. The lowest BCUT2D eigenvalue weighted by atomic mass is 9.94. The summed E-state index contributed by atoms with van der Waals surface area (Å²) in [6.07, 6.45) is 0.328. The average molecular weight is 510 g/mol. The van der Waals surface area contributed by atoms with E-state index in [1.165, 1.54) is 0 Å². The number of carboxylic acids is 1. The predicted octanol–water partition coefficient (Wildman–Crippen LogP) is 1.19. The maximum absolute atomic E-state index is 12.0. The maximum atomic E-state index is 12.0. The number of nitrogens with zero attached hydrogens (tertiary/aromatic N) is 1. The normalized spacial score (nSPS) is 21.1. The predicted molar refractivity (Wildman–Crippen MR) is 131 cm³/mol. The number of aliphatic hydroxyl groups is 1. The molecule has 0 aliphatic carbocycles. The molecule has 1 aromatic carbocycles. The zero-order valence-corrected chi connectivity index (χ0v) is 21.1. The highest BCUT2D eigenvalue weighted by Gasteiger charge is 2.35. The molecule has 2 saturated heterocycles. The third-order valence-electron chi connectivity index (χ3n) is 6.06. The van der Waals surface area contributed by atoms with Gasteiger partial charge in [0.1, 0.15) is 12.0 Å². The van der Waals surface area contributed by atoms with Crippen molar-refractivity contribution in [3.8, 4) is 5.75 Å². The molecule has 1 unspecified atom stereocenters. The highest BCUT2D eigenvalue weighted by atomic mass is 16.7. The Morgan fingerprint density at radius 1 is 1.22 bits per heavy atom. The number of hydrogen-bond acceptors (Lipinski definition) is 8. The Bertz CT molecular complexity index is 829. The van der Waals surface area contributed by atoms with Crippen LogP contribution in [0.3, 0.4) is 0 Å². The second-order valence-corrected chi connectivity index (χ2v) is 9.54. The fraction of sp³-hybridized carbons (Fsp3) is 0.680. The summed E-state index contributed by atoms with van der Waals surface area (Å²) in [5, 5.41) is 25.3. The smallest absolute Gasteiger partial charge is 0.319 e. The van der Waals surface area contributed by atoms with Crippen LogP contribution in [0.25, 0.3) is 0 Å². The molecular weight excluding hydrogens is 470 g/mol. The van der Waals surface area contributed by atoms with Crippen molar-refractivity contribution in [2.45, 2.75) is 51.2 Å². The standard InChI is InChI=1S/C25H39N3O8/c1-25(2)35-17-21(36-25)15-19(23(30)31)14-18-4-6-20(7-5-18)34-11-3-8-26-16-22(29)27-24(32)28-9-12-33-13-10-28/h4-7,19,21-22,26,29H,3,8-17H2,1-2H3,(H,27,32)(H,30,31)/t19?,21-,22-/m0/s1. The van der Waals surface area contributed by atoms with E-state index in [9.17, 15) is 19.8 Å². The van der Waals surface area contributed by atoms with E-state index in [2.05, 4.69) is 10.6 Å². The molecular formula is C25H39N3O8. The molecule has 2 fully saturated rings. The minimum absolute atomic E-state index is 0.223. The number of amides is 2. The molecule has 0 bridgehead atoms. The molecule has 11 nitrogen and oxygen atoms in total. The summed E-state index contributed by atoms with van der Waals surface area (Å²) in [5.41, 5.74) is 0.919. The second-order valence-electron chi connectivity index (χ2n) is 9.54. The first kappa shape index (κ1) is 28.1. The van der Waals surface area contributed by atoms with Crippen molar-refractivity contribution < 1.29 is 38.7 Å². The lowest BCUT2D eigenvalue weighted by molar-refractivity contribution is -0.149. The Morgan fingerprint density at radius 3 is 2.58 bits per heavy atom. The van der Waals surface area contributed by atoms with E-state index in [1.54, 1.807) is 4.90 Å². The molecule has 0 saturated carbocycles. The van der Waals surface area contributed by atoms with Crippen molar-refractivity contribution in [3.63, 3.8) is 0 Å². The first-order chi connectivity index (χ1) is 17.2. The number of carboxylic acid groups (broad SMARTS) is 1. The van der Waals surface area contributed by atoms with Crippen LogP contribution in [0.1, 0.15) is 32.3 Å². The van der Waals surface area contributed by atoms with Crippen LogP contribution in [0.2, 0.25) is 0 Å². The molecule has 3 atom stereocenters. The van der Waals surface area contributed by atoms with Crippen molar-refractivity contribution in [1.29, 1.82) is 0 Å². The van der Waals surface area contributed by atoms with Crippen molar-refractivity contribution in [1.82, 2.24) is 15.5 Å². The third kappa shape index (κ3) is 9.55. The maximum Gasteiger partial charge on any atom is 0.319 e. The largest absolute Gasteiger partial charge is 0.494 e. The second kappa shape index (κ2) is 13.8. The minimum atomic E-state index is -0.970. The molecule has 202 valence electrons. The van der Waals surface area contributed by atoms with Gasteiger partial charge in [-0.15, -0.1) is 0 Å². The van der Waals surface area contributed by atoms with Crippen molar-refractivity contribution in [2.75, 3.05) is 52.6 Å². The summed E-state index contributed by atoms with van der Waals surface area (Å²) in [7, 11) is 0.